The highest BCUT2D eigenvalue weighted by molar-refractivity contribution is 7.46. The molecule has 0 saturated heterocycles. The summed E-state index contributed by atoms with van der Waals surface area (Å²) in [7, 11) is -4.95. The quantitative estimate of drug-likeness (QED) is 0.461. The molecule has 0 aliphatic rings. The molecule has 0 fully saturated rings. The second-order valence-electron chi connectivity index (χ2n) is 3.20. The molecule has 0 aliphatic carbocycles. The van der Waals surface area contributed by atoms with Crippen LogP contribution in [0.15, 0.2) is 0 Å². The summed E-state index contributed by atoms with van der Waals surface area (Å²) in [4.78, 5) is 37.5. The fraction of sp³-hybridized carbons (Fsp3) is 0.667. The van der Waals surface area contributed by atoms with Gasteiger partial charge in [-0.3, -0.25) is 19.4 Å². The highest BCUT2D eigenvalue weighted by Crippen LogP contribution is 2.37. The lowest BCUT2D eigenvalue weighted by Gasteiger charge is -2.19. The number of hydrogen-bond donors (Lipinski definition) is 4. The topological polar surface area (TPSA) is 141 Å². The first kappa shape index (κ1) is 14.1. The number of hydrogen-bond acceptors (Lipinski definition) is 5. The Labute approximate surface area is 84.7 Å². The maximum atomic E-state index is 10.8. The van der Waals surface area contributed by atoms with Crippen molar-refractivity contribution in [1.82, 2.24) is 0 Å². The molecule has 0 saturated carbocycles. The smallest absolute Gasteiger partial charge is 0.481 e. The predicted molar refractivity (Wildman–Crippen MR) is 45.6 cm³/mol. The zero-order chi connectivity index (χ0) is 12.3. The van der Waals surface area contributed by atoms with Crippen LogP contribution in [0.2, 0.25) is 0 Å². The third-order valence-corrected chi connectivity index (χ3v) is 1.72. The van der Waals surface area contributed by atoms with Gasteiger partial charge in [0, 0.05) is 0 Å². The first-order valence-electron chi connectivity index (χ1n) is 3.74. The molecular weight excluding hydrogens is 231 g/mol. The number of rotatable bonds is 5. The van der Waals surface area contributed by atoms with Crippen LogP contribution in [0.25, 0.3) is 0 Å². The third-order valence-electron chi connectivity index (χ3n) is 1.28. The van der Waals surface area contributed by atoms with E-state index in [-0.39, 0.29) is 0 Å². The average molecular weight is 242 g/mol. The van der Waals surface area contributed by atoms with Gasteiger partial charge in [0.1, 0.15) is 0 Å². The Bertz CT molecular complexity index is 302. The molecule has 0 unspecified atom stereocenters. The number of carbonyl (C=O) groups excluding carboxylic acids is 1. The number of phosphoric ester groups is 1. The number of phosphoric acid groups is 1. The van der Waals surface area contributed by atoms with Gasteiger partial charge in [-0.2, -0.15) is 0 Å². The zero-order valence-electron chi connectivity index (χ0n) is 7.78. The molecule has 0 spiro atoms. The van der Waals surface area contributed by atoms with Crippen LogP contribution in [0.1, 0.15) is 19.8 Å². The summed E-state index contributed by atoms with van der Waals surface area (Å²) in [5.74, 6) is -2.71. The summed E-state index contributed by atoms with van der Waals surface area (Å²) >= 11 is 0. The van der Waals surface area contributed by atoms with Crippen molar-refractivity contribution in [2.45, 2.75) is 25.4 Å². The van der Waals surface area contributed by atoms with Gasteiger partial charge >= 0.3 is 19.8 Å². The van der Waals surface area contributed by atoms with Crippen LogP contribution in [0.4, 0.5) is 0 Å². The van der Waals surface area contributed by atoms with Crippen LogP contribution in [0.3, 0.4) is 0 Å². The highest BCUT2D eigenvalue weighted by Gasteiger charge is 2.31. The molecule has 0 aromatic heterocycles. The summed E-state index contributed by atoms with van der Waals surface area (Å²) in [5.41, 5.74) is -1.90. The van der Waals surface area contributed by atoms with Crippen LogP contribution in [0, 0.1) is 0 Å². The van der Waals surface area contributed by atoms with Crippen molar-refractivity contribution in [3.05, 3.63) is 0 Å². The van der Waals surface area contributed by atoms with Gasteiger partial charge in [0.2, 0.25) is 0 Å². The number of aliphatic carboxylic acids is 1. The lowest BCUT2D eigenvalue weighted by molar-refractivity contribution is -0.146. The minimum Gasteiger partial charge on any atom is -0.481 e. The maximum Gasteiger partial charge on any atom is 0.526 e. The average Bonchev–Trinajstić information content (AvgIpc) is 1.73. The summed E-state index contributed by atoms with van der Waals surface area (Å²) in [6, 6.07) is 0. The van der Waals surface area contributed by atoms with Crippen molar-refractivity contribution < 1.29 is 38.7 Å². The van der Waals surface area contributed by atoms with Crippen molar-refractivity contribution in [2.75, 3.05) is 0 Å². The van der Waals surface area contributed by atoms with Gasteiger partial charge in [-0.1, -0.05) is 0 Å². The molecule has 0 heterocycles. The van der Waals surface area contributed by atoms with E-state index in [2.05, 4.69) is 4.52 Å². The van der Waals surface area contributed by atoms with Crippen LogP contribution in [-0.2, 0) is 18.7 Å². The van der Waals surface area contributed by atoms with Gasteiger partial charge in [-0.25, -0.2) is 4.57 Å². The SMILES string of the molecule is C[C@](O)(CC(=O)O)CC(=O)OP(=O)(O)O. The molecule has 4 N–H and O–H groups in total. The molecular formula is C6H11O8P. The van der Waals surface area contributed by atoms with E-state index in [0.717, 1.165) is 6.92 Å². The van der Waals surface area contributed by atoms with Crippen LogP contribution in [0.5, 0.6) is 0 Å². The number of aliphatic hydroxyl groups is 1. The zero-order valence-corrected chi connectivity index (χ0v) is 8.68. The molecule has 88 valence electrons. The first-order valence-corrected chi connectivity index (χ1v) is 5.27. The van der Waals surface area contributed by atoms with E-state index in [1.54, 1.807) is 0 Å². The Hall–Kier alpha value is -0.950. The minimum atomic E-state index is -4.95. The molecule has 0 rings (SSSR count). The second-order valence-corrected chi connectivity index (χ2v) is 4.36. The molecule has 9 heteroatoms. The molecule has 0 aromatic carbocycles. The van der Waals surface area contributed by atoms with E-state index in [0.29, 0.717) is 0 Å². The standard InChI is InChI=1S/C6H11O8P/c1-6(10,2-4(7)8)3-5(9)14-15(11,12)13/h10H,2-3H2,1H3,(H,7,8)(H2,11,12,13)/t6-/m0/s1. The van der Waals surface area contributed by atoms with Crippen molar-refractivity contribution >= 4 is 19.8 Å². The van der Waals surface area contributed by atoms with Crippen molar-refractivity contribution in [1.29, 1.82) is 0 Å². The molecule has 0 amide bonds. The Morgan fingerprint density at radius 3 is 2.13 bits per heavy atom. The van der Waals surface area contributed by atoms with E-state index < -0.39 is 38.2 Å². The van der Waals surface area contributed by atoms with Gasteiger partial charge in [-0.15, -0.1) is 0 Å². The Balaban J connectivity index is 4.28. The van der Waals surface area contributed by atoms with Gasteiger partial charge in [0.15, 0.2) is 0 Å². The van der Waals surface area contributed by atoms with E-state index in [1.807, 2.05) is 0 Å². The molecule has 8 nitrogen and oxygen atoms in total. The maximum absolute atomic E-state index is 10.8. The number of carbonyl (C=O) groups is 2. The minimum absolute atomic E-state index is 0.733. The summed E-state index contributed by atoms with van der Waals surface area (Å²) in [5, 5.41) is 17.6. The third kappa shape index (κ3) is 8.07. The van der Waals surface area contributed by atoms with Crippen LogP contribution >= 0.6 is 7.82 Å². The van der Waals surface area contributed by atoms with Crippen molar-refractivity contribution in [3.63, 3.8) is 0 Å². The molecule has 0 bridgehead atoms. The molecule has 0 aromatic rings. The van der Waals surface area contributed by atoms with Crippen molar-refractivity contribution in [2.24, 2.45) is 0 Å². The van der Waals surface area contributed by atoms with E-state index in [1.165, 1.54) is 0 Å². The Morgan fingerprint density at radius 1 is 1.33 bits per heavy atom. The fourth-order valence-corrected chi connectivity index (χ4v) is 1.19. The summed E-state index contributed by atoms with van der Waals surface area (Å²) < 4.78 is 13.8. The number of carboxylic acid groups (broad SMARTS) is 1. The van der Waals surface area contributed by atoms with Gasteiger partial charge in [0.05, 0.1) is 18.4 Å². The van der Waals surface area contributed by atoms with Crippen LogP contribution < -0.4 is 0 Å². The predicted octanol–water partition coefficient (Wildman–Crippen LogP) is -0.762. The molecule has 1 atom stereocenters. The van der Waals surface area contributed by atoms with Gasteiger partial charge in [-0.05, 0) is 6.92 Å². The van der Waals surface area contributed by atoms with Crippen molar-refractivity contribution in [3.8, 4) is 0 Å². The van der Waals surface area contributed by atoms with E-state index >= 15 is 0 Å². The monoisotopic (exact) mass is 242 g/mol. The molecule has 15 heavy (non-hydrogen) atoms. The first-order chi connectivity index (χ1) is 6.52. The largest absolute Gasteiger partial charge is 0.526 e. The normalized spacial score (nSPS) is 15.5. The Morgan fingerprint density at radius 2 is 1.80 bits per heavy atom. The summed E-state index contributed by atoms with van der Waals surface area (Å²) in [6.07, 6.45) is -1.55. The lowest BCUT2D eigenvalue weighted by Crippen LogP contribution is -2.31. The van der Waals surface area contributed by atoms with Gasteiger partial charge < -0.3 is 14.7 Å². The Kier molecular flexibility index (Phi) is 4.42. The lowest BCUT2D eigenvalue weighted by atomic mass is 9.99. The molecule has 0 aliphatic heterocycles. The van der Waals surface area contributed by atoms with E-state index in [9.17, 15) is 19.3 Å². The highest BCUT2D eigenvalue weighted by atomic mass is 31.2. The number of carboxylic acids is 1. The van der Waals surface area contributed by atoms with E-state index in [4.69, 9.17) is 14.9 Å². The second kappa shape index (κ2) is 4.71. The summed E-state index contributed by atoms with van der Waals surface area (Å²) in [6.45, 7) is 1.04. The van der Waals surface area contributed by atoms with Gasteiger partial charge in [0.25, 0.3) is 0 Å². The van der Waals surface area contributed by atoms with Crippen LogP contribution in [-0.4, -0.2) is 37.5 Å². The fourth-order valence-electron chi connectivity index (χ4n) is 0.864. The molecule has 0 radical (unpaired) electrons.